The summed E-state index contributed by atoms with van der Waals surface area (Å²) in [4.78, 5) is 25.1. The highest BCUT2D eigenvalue weighted by Gasteiger charge is 2.61. The summed E-state index contributed by atoms with van der Waals surface area (Å²) < 4.78 is 10.8. The van der Waals surface area contributed by atoms with E-state index in [1.165, 1.54) is 5.57 Å². The Kier molecular flexibility index (Phi) is 5.37. The highest BCUT2D eigenvalue weighted by Crippen LogP contribution is 2.67. The molecule has 1 N–H and O–H groups in total. The van der Waals surface area contributed by atoms with Crippen LogP contribution in [-0.4, -0.2) is 43.3 Å². The van der Waals surface area contributed by atoms with Crippen molar-refractivity contribution in [2.45, 2.75) is 58.5 Å². The molecule has 0 aromatic rings. The first-order valence-electron chi connectivity index (χ1n) is 10.9. The normalized spacial score (nSPS) is 44.0. The minimum Gasteiger partial charge on any atom is -0.389 e. The summed E-state index contributed by atoms with van der Waals surface area (Å²) in [6, 6.07) is 0. The minimum atomic E-state index is -0.432. The molecular weight excluding hydrogens is 368 g/mol. The standard InChI is InChI=1S/C24H34O5/c1-14-9-18-16-6-5-15-10-19(26)21(29-13-28-4)11-24(15,3)17(16)7-8-23(18,2)22(14)20(27)12-25/h10,16-18,21-22,25H,1,5-9,11-13H2,2-4H3/t16-,17+,18+,21?,22-,23+,24+/m1/s1. The van der Waals surface area contributed by atoms with Crippen molar-refractivity contribution < 1.29 is 24.2 Å². The number of fused-ring (bicyclic) bond motifs is 5. The molecular formula is C24H34O5. The van der Waals surface area contributed by atoms with Gasteiger partial charge in [0.15, 0.2) is 11.6 Å². The molecule has 5 heteroatoms. The average Bonchev–Trinajstić information content (AvgIpc) is 2.96. The van der Waals surface area contributed by atoms with E-state index < -0.39 is 12.7 Å². The molecule has 7 atom stereocenters. The Bertz CT molecular complexity index is 754. The summed E-state index contributed by atoms with van der Waals surface area (Å²) in [6.07, 6.45) is 7.03. The SMILES string of the molecule is C=C1C[C@H]2[C@@H]3CCC4=CC(=O)C(OCOC)C[C@]4(C)[C@H]3CC[C@]2(C)[C@H]1C(=O)CO. The number of methoxy groups -OCH3 is 1. The molecule has 0 heterocycles. The fourth-order valence-electron chi connectivity index (χ4n) is 7.53. The molecule has 5 nitrogen and oxygen atoms in total. The fourth-order valence-corrected chi connectivity index (χ4v) is 7.53. The number of aliphatic hydroxyl groups is 1. The van der Waals surface area contributed by atoms with Gasteiger partial charge in [0.1, 0.15) is 19.5 Å². The van der Waals surface area contributed by atoms with Crippen molar-refractivity contribution in [2.75, 3.05) is 20.5 Å². The maximum atomic E-state index is 12.6. The average molecular weight is 403 g/mol. The predicted octanol–water partition coefficient (Wildman–Crippen LogP) is 3.46. The molecule has 1 unspecified atom stereocenters. The van der Waals surface area contributed by atoms with Gasteiger partial charge in [0.05, 0.1) is 0 Å². The zero-order valence-corrected chi connectivity index (χ0v) is 17.9. The quantitative estimate of drug-likeness (QED) is 0.563. The van der Waals surface area contributed by atoms with Gasteiger partial charge < -0.3 is 14.6 Å². The molecule has 4 rings (SSSR count). The summed E-state index contributed by atoms with van der Waals surface area (Å²) in [5.41, 5.74) is 2.14. The summed E-state index contributed by atoms with van der Waals surface area (Å²) >= 11 is 0. The lowest BCUT2D eigenvalue weighted by Crippen LogP contribution is -2.53. The first-order chi connectivity index (χ1) is 13.8. The van der Waals surface area contributed by atoms with E-state index in [2.05, 4.69) is 20.4 Å². The molecule has 29 heavy (non-hydrogen) atoms. The van der Waals surface area contributed by atoms with Crippen LogP contribution in [0.25, 0.3) is 0 Å². The second kappa shape index (κ2) is 7.44. The molecule has 3 fully saturated rings. The lowest BCUT2D eigenvalue weighted by Gasteiger charge is -2.58. The van der Waals surface area contributed by atoms with Gasteiger partial charge in [-0.25, -0.2) is 0 Å². The third kappa shape index (κ3) is 3.08. The Hall–Kier alpha value is -1.30. The van der Waals surface area contributed by atoms with Gasteiger partial charge >= 0.3 is 0 Å². The predicted molar refractivity (Wildman–Crippen MR) is 109 cm³/mol. The van der Waals surface area contributed by atoms with Crippen molar-refractivity contribution in [3.8, 4) is 0 Å². The molecule has 0 aliphatic heterocycles. The lowest BCUT2D eigenvalue weighted by atomic mass is 9.46. The smallest absolute Gasteiger partial charge is 0.184 e. The van der Waals surface area contributed by atoms with Gasteiger partial charge in [0.2, 0.25) is 0 Å². The number of hydrogen-bond donors (Lipinski definition) is 1. The van der Waals surface area contributed by atoms with Gasteiger partial charge in [-0.15, -0.1) is 0 Å². The summed E-state index contributed by atoms with van der Waals surface area (Å²) in [5, 5.41) is 9.52. The highest BCUT2D eigenvalue weighted by atomic mass is 16.7. The van der Waals surface area contributed by atoms with E-state index in [-0.39, 0.29) is 35.1 Å². The number of Topliss-reactive ketones (excluding diaryl/α,β-unsaturated/α-hetero) is 1. The lowest BCUT2D eigenvalue weighted by molar-refractivity contribution is -0.146. The van der Waals surface area contributed by atoms with Crippen LogP contribution in [0.15, 0.2) is 23.8 Å². The zero-order valence-electron chi connectivity index (χ0n) is 17.9. The Balaban J connectivity index is 1.63. The number of carbonyl (C=O) groups excluding carboxylic acids is 2. The van der Waals surface area contributed by atoms with Crippen LogP contribution in [0.1, 0.15) is 52.4 Å². The van der Waals surface area contributed by atoms with E-state index in [0.29, 0.717) is 24.2 Å². The largest absolute Gasteiger partial charge is 0.389 e. The van der Waals surface area contributed by atoms with Gasteiger partial charge in [-0.05, 0) is 73.2 Å². The Morgan fingerprint density at radius 3 is 2.76 bits per heavy atom. The Morgan fingerprint density at radius 1 is 1.31 bits per heavy atom. The Morgan fingerprint density at radius 2 is 2.07 bits per heavy atom. The first-order valence-corrected chi connectivity index (χ1v) is 10.9. The van der Waals surface area contributed by atoms with Crippen LogP contribution >= 0.6 is 0 Å². The van der Waals surface area contributed by atoms with E-state index >= 15 is 0 Å². The number of carbonyl (C=O) groups is 2. The molecule has 4 aliphatic rings. The van der Waals surface area contributed by atoms with Crippen molar-refractivity contribution in [1.82, 2.24) is 0 Å². The van der Waals surface area contributed by atoms with E-state index in [0.717, 1.165) is 37.7 Å². The molecule has 4 aliphatic carbocycles. The van der Waals surface area contributed by atoms with Gasteiger partial charge in [0.25, 0.3) is 0 Å². The second-order valence-electron chi connectivity index (χ2n) is 10.1. The number of ether oxygens (including phenoxy) is 2. The van der Waals surface area contributed by atoms with Crippen molar-refractivity contribution >= 4 is 11.6 Å². The van der Waals surface area contributed by atoms with E-state index in [1.54, 1.807) is 7.11 Å². The summed E-state index contributed by atoms with van der Waals surface area (Å²) in [5.74, 6) is 1.20. The van der Waals surface area contributed by atoms with Crippen LogP contribution in [-0.2, 0) is 19.1 Å². The maximum Gasteiger partial charge on any atom is 0.184 e. The van der Waals surface area contributed by atoms with Crippen LogP contribution in [0.5, 0.6) is 0 Å². The molecule has 0 bridgehead atoms. The first kappa shape index (κ1) is 21.0. The van der Waals surface area contributed by atoms with Crippen LogP contribution in [0.3, 0.4) is 0 Å². The monoisotopic (exact) mass is 402 g/mol. The van der Waals surface area contributed by atoms with Crippen molar-refractivity contribution in [3.63, 3.8) is 0 Å². The number of rotatable bonds is 5. The van der Waals surface area contributed by atoms with Crippen LogP contribution in [0, 0.1) is 34.5 Å². The highest BCUT2D eigenvalue weighted by molar-refractivity contribution is 5.95. The van der Waals surface area contributed by atoms with E-state index in [4.69, 9.17) is 9.47 Å². The van der Waals surface area contributed by atoms with Gasteiger partial charge in [-0.2, -0.15) is 0 Å². The minimum absolute atomic E-state index is 0.0447. The van der Waals surface area contributed by atoms with Crippen molar-refractivity contribution in [1.29, 1.82) is 0 Å². The maximum absolute atomic E-state index is 12.6. The number of aliphatic hydroxyl groups excluding tert-OH is 1. The topological polar surface area (TPSA) is 72.8 Å². The van der Waals surface area contributed by atoms with Gasteiger partial charge in [-0.1, -0.05) is 31.6 Å². The second-order valence-corrected chi connectivity index (χ2v) is 10.1. The molecule has 0 radical (unpaired) electrons. The molecule has 0 aromatic heterocycles. The molecule has 0 aromatic carbocycles. The summed E-state index contributed by atoms with van der Waals surface area (Å²) in [7, 11) is 1.58. The van der Waals surface area contributed by atoms with Gasteiger partial charge in [-0.3, -0.25) is 9.59 Å². The van der Waals surface area contributed by atoms with Crippen molar-refractivity contribution in [2.24, 2.45) is 34.5 Å². The molecule has 160 valence electrons. The number of allylic oxidation sites excluding steroid dienone is 2. The third-order valence-corrected chi connectivity index (χ3v) is 8.83. The zero-order chi connectivity index (χ0) is 21.0. The third-order valence-electron chi connectivity index (χ3n) is 8.83. The summed E-state index contributed by atoms with van der Waals surface area (Å²) in [6.45, 7) is 8.54. The van der Waals surface area contributed by atoms with Crippen LogP contribution in [0.4, 0.5) is 0 Å². The van der Waals surface area contributed by atoms with E-state index in [1.807, 2.05) is 6.08 Å². The van der Waals surface area contributed by atoms with E-state index in [9.17, 15) is 14.7 Å². The molecule has 0 spiro atoms. The van der Waals surface area contributed by atoms with Crippen LogP contribution < -0.4 is 0 Å². The Labute approximate surface area is 173 Å². The molecule has 0 saturated heterocycles. The van der Waals surface area contributed by atoms with Crippen LogP contribution in [0.2, 0.25) is 0 Å². The van der Waals surface area contributed by atoms with Crippen molar-refractivity contribution in [3.05, 3.63) is 23.8 Å². The number of ketones is 2. The molecule has 3 saturated carbocycles. The molecule has 0 amide bonds. The number of hydrogen-bond acceptors (Lipinski definition) is 5. The fraction of sp³-hybridized carbons (Fsp3) is 0.750. The van der Waals surface area contributed by atoms with Gasteiger partial charge in [0, 0.05) is 13.0 Å².